The van der Waals surface area contributed by atoms with E-state index in [9.17, 15) is 0 Å². The van der Waals surface area contributed by atoms with Gasteiger partial charge in [-0.25, -0.2) is 9.98 Å². The molecule has 4 aromatic carbocycles. The minimum atomic E-state index is 0.147. The van der Waals surface area contributed by atoms with Crippen LogP contribution in [0.1, 0.15) is 49.7 Å². The summed E-state index contributed by atoms with van der Waals surface area (Å²) in [6, 6.07) is 30.6. The molecule has 0 heterocycles. The average Bonchev–Trinajstić information content (AvgIpc) is 2.98. The maximum Gasteiger partial charge on any atom is 0.200 e. The Morgan fingerprint density at radius 1 is 0.744 bits per heavy atom. The molecule has 222 valence electrons. The fourth-order valence-electron chi connectivity index (χ4n) is 7.90. The molecule has 0 amide bonds. The summed E-state index contributed by atoms with van der Waals surface area (Å²) >= 11 is 0. The number of nitrogens with zero attached hydrogens (tertiary/aromatic N) is 3. The average molecular weight is 573 g/mol. The van der Waals surface area contributed by atoms with Crippen molar-refractivity contribution in [1.29, 1.82) is 0 Å². The Labute approximate surface area is 255 Å². The summed E-state index contributed by atoms with van der Waals surface area (Å²) in [6.07, 6.45) is 8.11. The second-order valence-corrected chi connectivity index (χ2v) is 12.9. The molecule has 8 rings (SSSR count). The minimum absolute atomic E-state index is 0.147. The Bertz CT molecular complexity index is 1610. The van der Waals surface area contributed by atoms with Gasteiger partial charge in [0.1, 0.15) is 0 Å². The molecule has 0 unspecified atom stereocenters. The molecule has 5 N–H and O–H groups in total. The molecule has 0 radical (unpaired) electrons. The molecule has 0 atom stereocenters. The van der Waals surface area contributed by atoms with Crippen molar-refractivity contribution in [2.45, 2.75) is 57.9 Å². The van der Waals surface area contributed by atoms with Crippen molar-refractivity contribution < 1.29 is 0 Å². The van der Waals surface area contributed by atoms with Gasteiger partial charge in [0.25, 0.3) is 0 Å². The summed E-state index contributed by atoms with van der Waals surface area (Å²) in [6.45, 7) is 4.16. The smallest absolute Gasteiger partial charge is 0.200 e. The first-order valence-electron chi connectivity index (χ1n) is 15.6. The quantitative estimate of drug-likeness (QED) is 0.171. The highest BCUT2D eigenvalue weighted by Crippen LogP contribution is 2.57. The van der Waals surface area contributed by atoms with E-state index in [-0.39, 0.29) is 5.54 Å². The van der Waals surface area contributed by atoms with Gasteiger partial charge in [0.15, 0.2) is 5.96 Å². The number of rotatable bonds is 4. The molecule has 4 bridgehead atoms. The fraction of sp³-hybridized carbons (Fsp3) is 0.351. The first kappa shape index (κ1) is 28.8. The zero-order chi connectivity index (χ0) is 30.0. The molecule has 4 aliphatic rings. The monoisotopic (exact) mass is 572 g/mol. The van der Waals surface area contributed by atoms with Crippen LogP contribution < -0.4 is 21.7 Å². The first-order chi connectivity index (χ1) is 20.8. The Kier molecular flexibility index (Phi) is 8.11. The van der Waals surface area contributed by atoms with Gasteiger partial charge in [0, 0.05) is 23.8 Å². The van der Waals surface area contributed by atoms with E-state index in [1.54, 1.807) is 0 Å². The van der Waals surface area contributed by atoms with Gasteiger partial charge in [-0.15, -0.1) is 0 Å². The first-order valence-corrected chi connectivity index (χ1v) is 15.6. The number of benzene rings is 4. The number of fused-ring (bicyclic) bond motifs is 1. The lowest BCUT2D eigenvalue weighted by atomic mass is 9.53. The van der Waals surface area contributed by atoms with Crippen molar-refractivity contribution in [3.63, 3.8) is 0 Å². The van der Waals surface area contributed by atoms with E-state index in [4.69, 9.17) is 16.5 Å². The molecule has 4 saturated carbocycles. The van der Waals surface area contributed by atoms with Gasteiger partial charge in [0.2, 0.25) is 5.96 Å². The Hall–Kier alpha value is -4.32. The molecule has 4 fully saturated rings. The van der Waals surface area contributed by atoms with E-state index in [1.165, 1.54) is 49.7 Å². The summed E-state index contributed by atoms with van der Waals surface area (Å²) in [5, 5.41) is 5.58. The number of nitrogens with two attached hydrogens (primary N) is 2. The second kappa shape index (κ2) is 12.1. The number of aliphatic imine (C=N–C) groups is 2. The molecule has 0 saturated heterocycles. The summed E-state index contributed by atoms with van der Waals surface area (Å²) in [7, 11) is 1.94. The molecule has 43 heavy (non-hydrogen) atoms. The number of nitrogens with one attached hydrogen (secondary N) is 1. The van der Waals surface area contributed by atoms with Crippen molar-refractivity contribution in [3.05, 3.63) is 102 Å². The van der Waals surface area contributed by atoms with Crippen LogP contribution in [0.5, 0.6) is 0 Å². The molecule has 0 spiro atoms. The molecule has 6 nitrogen and oxygen atoms in total. The molecule has 6 heteroatoms. The highest BCUT2D eigenvalue weighted by atomic mass is 15.2. The van der Waals surface area contributed by atoms with Gasteiger partial charge in [-0.2, -0.15) is 0 Å². The van der Waals surface area contributed by atoms with Crippen molar-refractivity contribution >= 4 is 39.8 Å². The van der Waals surface area contributed by atoms with Crippen molar-refractivity contribution in [2.24, 2.45) is 39.2 Å². The number of para-hydroxylation sites is 2. The molecule has 0 aliphatic heterocycles. The Balaban J connectivity index is 0.000000153. The van der Waals surface area contributed by atoms with Crippen molar-refractivity contribution in [3.8, 4) is 0 Å². The summed E-state index contributed by atoms with van der Waals surface area (Å²) in [5.74, 6) is 3.81. The van der Waals surface area contributed by atoms with Gasteiger partial charge < -0.3 is 21.7 Å². The second-order valence-electron chi connectivity index (χ2n) is 12.9. The maximum atomic E-state index is 6.23. The SMILES string of the molecule is Cc1ccccc1N(C)C(N)=Nc1cccc2ccccc12.Cc1ccccc1NC(N)=NC12CC3CC(CC(C3)C1)C2. The van der Waals surface area contributed by atoms with E-state index in [2.05, 4.69) is 60.6 Å². The van der Waals surface area contributed by atoms with Crippen molar-refractivity contribution in [2.75, 3.05) is 17.3 Å². The third-order valence-electron chi connectivity index (χ3n) is 9.59. The summed E-state index contributed by atoms with van der Waals surface area (Å²) in [5.41, 5.74) is 18.0. The molecule has 4 aliphatic carbocycles. The van der Waals surface area contributed by atoms with Crippen LogP contribution in [-0.4, -0.2) is 24.5 Å². The Morgan fingerprint density at radius 2 is 1.33 bits per heavy atom. The minimum Gasteiger partial charge on any atom is -0.370 e. The third kappa shape index (κ3) is 6.38. The van der Waals surface area contributed by atoms with E-state index < -0.39 is 0 Å². The lowest BCUT2D eigenvalue weighted by molar-refractivity contribution is 0.00163. The predicted octanol–water partition coefficient (Wildman–Crippen LogP) is 7.92. The van der Waals surface area contributed by atoms with Crippen LogP contribution in [0, 0.1) is 31.6 Å². The van der Waals surface area contributed by atoms with Gasteiger partial charge in [-0.1, -0.05) is 72.8 Å². The van der Waals surface area contributed by atoms with Gasteiger partial charge in [-0.05, 0) is 105 Å². The van der Waals surface area contributed by atoms with E-state index in [0.717, 1.165) is 45.6 Å². The van der Waals surface area contributed by atoms with Crippen LogP contribution in [0.15, 0.2) is 101 Å². The number of anilines is 2. The number of aryl methyl sites for hydroxylation is 2. The van der Waals surface area contributed by atoms with Crippen LogP contribution in [0.3, 0.4) is 0 Å². The van der Waals surface area contributed by atoms with E-state index in [1.807, 2.05) is 66.5 Å². The standard InChI is InChI=1S/C19H19N3.C18H25N3/c1-14-8-3-6-13-18(14)22(2)19(20)21-17-12-7-10-15-9-4-5-11-16(15)17;1-12-4-2-3-5-16(12)20-17(19)21-18-9-13-6-14(10-18)8-15(7-13)11-18/h3-13H,1-2H3,(H2,20,21);2-5,13-15H,6-11H2,1H3,(H3,19,20,21). The van der Waals surface area contributed by atoms with Crippen LogP contribution >= 0.6 is 0 Å². The van der Waals surface area contributed by atoms with E-state index >= 15 is 0 Å². The zero-order valence-corrected chi connectivity index (χ0v) is 25.6. The molecule has 0 aromatic heterocycles. The number of hydrogen-bond acceptors (Lipinski definition) is 2. The highest BCUT2D eigenvalue weighted by molar-refractivity contribution is 6.00. The van der Waals surface area contributed by atoms with E-state index in [0.29, 0.717) is 11.9 Å². The molecule has 4 aromatic rings. The molecular weight excluding hydrogens is 528 g/mol. The predicted molar refractivity (Wildman–Crippen MR) is 182 cm³/mol. The van der Waals surface area contributed by atoms with Gasteiger partial charge in [-0.3, -0.25) is 0 Å². The van der Waals surface area contributed by atoms with Crippen LogP contribution in [0.25, 0.3) is 10.8 Å². The summed E-state index contributed by atoms with van der Waals surface area (Å²) < 4.78 is 0. The molecular formula is C37H44N6. The van der Waals surface area contributed by atoms with Gasteiger partial charge >= 0.3 is 0 Å². The lowest BCUT2D eigenvalue weighted by Crippen LogP contribution is -2.50. The largest absolute Gasteiger partial charge is 0.370 e. The lowest BCUT2D eigenvalue weighted by Gasteiger charge is -2.54. The maximum absolute atomic E-state index is 6.23. The normalized spacial score (nSPS) is 24.4. The third-order valence-corrected chi connectivity index (χ3v) is 9.59. The van der Waals surface area contributed by atoms with Crippen LogP contribution in [-0.2, 0) is 0 Å². The van der Waals surface area contributed by atoms with Gasteiger partial charge in [0.05, 0.1) is 11.2 Å². The zero-order valence-electron chi connectivity index (χ0n) is 25.6. The topological polar surface area (TPSA) is 92.0 Å². The number of hydrogen-bond donors (Lipinski definition) is 3. The number of guanidine groups is 2. The van der Waals surface area contributed by atoms with Crippen LogP contribution in [0.4, 0.5) is 17.1 Å². The summed E-state index contributed by atoms with van der Waals surface area (Å²) in [4.78, 5) is 11.5. The Morgan fingerprint density at radius 3 is 2.00 bits per heavy atom. The van der Waals surface area contributed by atoms with Crippen molar-refractivity contribution in [1.82, 2.24) is 0 Å². The highest BCUT2D eigenvalue weighted by Gasteiger charge is 2.51. The van der Waals surface area contributed by atoms with Crippen LogP contribution in [0.2, 0.25) is 0 Å². The fourth-order valence-corrected chi connectivity index (χ4v) is 7.90.